The lowest BCUT2D eigenvalue weighted by molar-refractivity contribution is 0.324. The van der Waals surface area contributed by atoms with Gasteiger partial charge in [-0.2, -0.15) is 5.10 Å². The van der Waals surface area contributed by atoms with Crippen molar-refractivity contribution in [3.63, 3.8) is 0 Å². The molecule has 0 aliphatic carbocycles. The van der Waals surface area contributed by atoms with E-state index in [0.29, 0.717) is 17.2 Å². The highest BCUT2D eigenvalue weighted by molar-refractivity contribution is 5.86. The van der Waals surface area contributed by atoms with Crippen molar-refractivity contribution < 1.29 is 14.2 Å². The van der Waals surface area contributed by atoms with Crippen molar-refractivity contribution in [3.8, 4) is 17.2 Å². The van der Waals surface area contributed by atoms with Gasteiger partial charge in [0.15, 0.2) is 11.5 Å². The first-order valence-corrected chi connectivity index (χ1v) is 7.41. The molecule has 1 aromatic carbocycles. The minimum Gasteiger partial charge on any atom is -0.493 e. The third kappa shape index (κ3) is 4.13. The summed E-state index contributed by atoms with van der Waals surface area (Å²) in [4.78, 5) is 4.47. The minimum atomic E-state index is 0.572. The molecule has 6 nitrogen and oxygen atoms in total. The zero-order valence-corrected chi connectivity index (χ0v) is 13.4. The van der Waals surface area contributed by atoms with Crippen LogP contribution in [0.3, 0.4) is 0 Å². The summed E-state index contributed by atoms with van der Waals surface area (Å²) in [6.07, 6.45) is 6.21. The average Bonchev–Trinajstić information content (AvgIpc) is 2.82. The van der Waals surface area contributed by atoms with Crippen molar-refractivity contribution in [1.29, 1.82) is 0 Å². The van der Waals surface area contributed by atoms with E-state index in [1.165, 1.54) is 6.42 Å². The van der Waals surface area contributed by atoms with E-state index in [1.54, 1.807) is 27.5 Å². The fraction of sp³-hybridized carbons (Fsp3) is 0.500. The standard InChI is InChI=1S/C16H23N3O3/c1-20-13-9-12(10-14(21-2)16(13)22-3)11-18-19-15-7-5-4-6-8-17-15/h9-11H,4-8H2,1-3H3,(H,17,19). The van der Waals surface area contributed by atoms with Crippen molar-refractivity contribution >= 4 is 12.1 Å². The highest BCUT2D eigenvalue weighted by Crippen LogP contribution is 2.37. The van der Waals surface area contributed by atoms with Crippen molar-refractivity contribution in [2.45, 2.75) is 25.7 Å². The number of hydrazone groups is 1. The summed E-state index contributed by atoms with van der Waals surface area (Å²) in [5.74, 6) is 2.73. The van der Waals surface area contributed by atoms with Crippen LogP contribution in [-0.2, 0) is 0 Å². The molecule has 0 saturated heterocycles. The summed E-state index contributed by atoms with van der Waals surface area (Å²) in [5, 5.41) is 4.26. The number of methoxy groups -OCH3 is 3. The SMILES string of the molecule is COc1cc(C=NNC2=NCCCCC2)cc(OC)c1OC. The summed E-state index contributed by atoms with van der Waals surface area (Å²) in [7, 11) is 4.77. The number of aliphatic imine (C=N–C) groups is 1. The maximum atomic E-state index is 5.32. The molecule has 1 aliphatic heterocycles. The van der Waals surface area contributed by atoms with E-state index in [0.717, 1.165) is 37.2 Å². The summed E-state index contributed by atoms with van der Waals surface area (Å²) in [6, 6.07) is 3.70. The first-order valence-electron chi connectivity index (χ1n) is 7.41. The Morgan fingerprint density at radius 1 is 1.05 bits per heavy atom. The maximum Gasteiger partial charge on any atom is 0.203 e. The smallest absolute Gasteiger partial charge is 0.203 e. The van der Waals surface area contributed by atoms with Gasteiger partial charge in [-0.1, -0.05) is 6.42 Å². The molecule has 0 fully saturated rings. The number of amidine groups is 1. The van der Waals surface area contributed by atoms with Gasteiger partial charge >= 0.3 is 0 Å². The van der Waals surface area contributed by atoms with Gasteiger partial charge in [0.1, 0.15) is 5.84 Å². The van der Waals surface area contributed by atoms with Gasteiger partial charge in [0, 0.05) is 18.5 Å². The van der Waals surface area contributed by atoms with E-state index >= 15 is 0 Å². The van der Waals surface area contributed by atoms with Gasteiger partial charge in [0.25, 0.3) is 0 Å². The van der Waals surface area contributed by atoms with Crippen LogP contribution in [0, 0.1) is 0 Å². The Kier molecular flexibility index (Phi) is 6.06. The molecule has 6 heteroatoms. The van der Waals surface area contributed by atoms with Gasteiger partial charge < -0.3 is 14.2 Å². The first-order chi connectivity index (χ1) is 10.8. The van der Waals surface area contributed by atoms with Crippen LogP contribution in [0.1, 0.15) is 31.2 Å². The maximum absolute atomic E-state index is 5.32. The van der Waals surface area contributed by atoms with Gasteiger partial charge in [-0.3, -0.25) is 10.4 Å². The Hall–Kier alpha value is -2.24. The number of hydrogen-bond acceptors (Lipinski definition) is 6. The Bertz CT molecular complexity index is 531. The highest BCUT2D eigenvalue weighted by Gasteiger charge is 2.12. The number of rotatable bonds is 5. The second-order valence-electron chi connectivity index (χ2n) is 4.97. The molecular formula is C16H23N3O3. The molecule has 1 N–H and O–H groups in total. The third-order valence-corrected chi connectivity index (χ3v) is 3.47. The van der Waals surface area contributed by atoms with E-state index in [4.69, 9.17) is 14.2 Å². The van der Waals surface area contributed by atoms with Crippen LogP contribution in [-0.4, -0.2) is 39.9 Å². The van der Waals surface area contributed by atoms with E-state index < -0.39 is 0 Å². The van der Waals surface area contributed by atoms with Crippen LogP contribution in [0.4, 0.5) is 0 Å². The molecule has 0 radical (unpaired) electrons. The minimum absolute atomic E-state index is 0.572. The summed E-state index contributed by atoms with van der Waals surface area (Å²) in [5.41, 5.74) is 3.88. The predicted octanol–water partition coefficient (Wildman–Crippen LogP) is 2.61. The Morgan fingerprint density at radius 3 is 2.41 bits per heavy atom. The van der Waals surface area contributed by atoms with Crippen molar-refractivity contribution in [1.82, 2.24) is 5.43 Å². The number of benzene rings is 1. The molecule has 1 aliphatic rings. The fourth-order valence-electron chi connectivity index (χ4n) is 2.32. The molecule has 1 heterocycles. The molecule has 1 aromatic rings. The van der Waals surface area contributed by atoms with Crippen LogP contribution in [0.5, 0.6) is 17.2 Å². The summed E-state index contributed by atoms with van der Waals surface area (Å²) < 4.78 is 15.9. The van der Waals surface area contributed by atoms with E-state index in [1.807, 2.05) is 12.1 Å². The second-order valence-corrected chi connectivity index (χ2v) is 4.97. The first kappa shape index (κ1) is 16.1. The molecule has 0 spiro atoms. The van der Waals surface area contributed by atoms with Gasteiger partial charge in [-0.05, 0) is 25.0 Å². The monoisotopic (exact) mass is 305 g/mol. The van der Waals surface area contributed by atoms with Gasteiger partial charge in [-0.15, -0.1) is 0 Å². The van der Waals surface area contributed by atoms with Crippen molar-refractivity contribution in [2.75, 3.05) is 27.9 Å². The molecule has 0 saturated carbocycles. The van der Waals surface area contributed by atoms with E-state index in [-0.39, 0.29) is 0 Å². The van der Waals surface area contributed by atoms with E-state index in [9.17, 15) is 0 Å². The lowest BCUT2D eigenvalue weighted by Gasteiger charge is -2.12. The zero-order valence-electron chi connectivity index (χ0n) is 13.4. The molecule has 0 unspecified atom stereocenters. The van der Waals surface area contributed by atoms with Crippen LogP contribution >= 0.6 is 0 Å². The predicted molar refractivity (Wildman–Crippen MR) is 87.6 cm³/mol. The Morgan fingerprint density at radius 2 is 1.77 bits per heavy atom. The number of ether oxygens (including phenoxy) is 3. The molecule has 0 aromatic heterocycles. The molecule has 2 rings (SSSR count). The molecule has 22 heavy (non-hydrogen) atoms. The van der Waals surface area contributed by atoms with Crippen molar-refractivity contribution in [3.05, 3.63) is 17.7 Å². The number of nitrogens with zero attached hydrogens (tertiary/aromatic N) is 2. The van der Waals surface area contributed by atoms with Crippen molar-refractivity contribution in [2.24, 2.45) is 10.1 Å². The normalized spacial score (nSPS) is 15.1. The second kappa shape index (κ2) is 8.26. The molecule has 0 atom stereocenters. The van der Waals surface area contributed by atoms with Gasteiger partial charge in [-0.25, -0.2) is 0 Å². The van der Waals surface area contributed by atoms with Gasteiger partial charge in [0.05, 0.1) is 27.5 Å². The fourth-order valence-corrected chi connectivity index (χ4v) is 2.32. The van der Waals surface area contributed by atoms with E-state index in [2.05, 4.69) is 15.5 Å². The largest absolute Gasteiger partial charge is 0.493 e. The van der Waals surface area contributed by atoms with Crippen LogP contribution in [0.25, 0.3) is 0 Å². The van der Waals surface area contributed by atoms with Crippen LogP contribution in [0.15, 0.2) is 22.2 Å². The third-order valence-electron chi connectivity index (χ3n) is 3.47. The summed E-state index contributed by atoms with van der Waals surface area (Å²) >= 11 is 0. The quantitative estimate of drug-likeness (QED) is 0.671. The van der Waals surface area contributed by atoms with Crippen LogP contribution < -0.4 is 19.6 Å². The zero-order chi connectivity index (χ0) is 15.8. The Labute approximate surface area is 131 Å². The summed E-state index contributed by atoms with van der Waals surface area (Å²) in [6.45, 7) is 0.877. The molecular weight excluding hydrogens is 282 g/mol. The highest BCUT2D eigenvalue weighted by atomic mass is 16.5. The molecule has 0 amide bonds. The Balaban J connectivity index is 2.11. The van der Waals surface area contributed by atoms with Gasteiger partial charge in [0.2, 0.25) is 5.75 Å². The number of hydrogen-bond donors (Lipinski definition) is 1. The lowest BCUT2D eigenvalue weighted by atomic mass is 10.2. The topological polar surface area (TPSA) is 64.4 Å². The average molecular weight is 305 g/mol. The number of nitrogens with one attached hydrogen (secondary N) is 1. The molecule has 0 bridgehead atoms. The lowest BCUT2D eigenvalue weighted by Crippen LogP contribution is -2.17. The molecule has 120 valence electrons. The van der Waals surface area contributed by atoms with Crippen LogP contribution in [0.2, 0.25) is 0 Å².